The Bertz CT molecular complexity index is 920. The Hall–Kier alpha value is -2.63. The molecule has 142 valence electrons. The van der Waals surface area contributed by atoms with Crippen molar-refractivity contribution in [1.29, 1.82) is 0 Å². The maximum atomic E-state index is 12.3. The minimum atomic E-state index is -0.686. The van der Waals surface area contributed by atoms with E-state index in [1.165, 1.54) is 0 Å². The van der Waals surface area contributed by atoms with Gasteiger partial charge in [-0.2, -0.15) is 0 Å². The molecule has 2 N–H and O–H groups in total. The number of fused-ring (bicyclic) bond motifs is 1. The molecule has 0 fully saturated rings. The molecule has 2 aromatic carbocycles. The van der Waals surface area contributed by atoms with Crippen molar-refractivity contribution in [2.75, 3.05) is 13.2 Å². The average Bonchev–Trinajstić information content (AvgIpc) is 2.68. The van der Waals surface area contributed by atoms with Crippen LogP contribution in [0.25, 0.3) is 11.0 Å². The van der Waals surface area contributed by atoms with E-state index in [4.69, 9.17) is 9.15 Å². The number of hydrogen-bond donors (Lipinski definition) is 2. The van der Waals surface area contributed by atoms with E-state index in [9.17, 15) is 9.90 Å². The Labute approximate surface area is 158 Å². The van der Waals surface area contributed by atoms with Crippen LogP contribution in [0.15, 0.2) is 63.8 Å². The van der Waals surface area contributed by atoms with Gasteiger partial charge in [0.1, 0.15) is 24.0 Å². The lowest BCUT2D eigenvalue weighted by molar-refractivity contribution is 0.106. The van der Waals surface area contributed by atoms with Crippen LogP contribution in [0.3, 0.4) is 0 Å². The third-order valence-corrected chi connectivity index (χ3v) is 4.33. The quantitative estimate of drug-likeness (QED) is 0.568. The first kappa shape index (κ1) is 19.1. The van der Waals surface area contributed by atoms with Gasteiger partial charge in [-0.15, -0.1) is 0 Å². The zero-order valence-electron chi connectivity index (χ0n) is 15.5. The lowest BCUT2D eigenvalue weighted by Crippen LogP contribution is -2.31. The summed E-state index contributed by atoms with van der Waals surface area (Å²) < 4.78 is 11.3. The molecule has 3 rings (SSSR count). The number of benzene rings is 2. The second-order valence-corrected chi connectivity index (χ2v) is 6.52. The maximum absolute atomic E-state index is 12.3. The summed E-state index contributed by atoms with van der Waals surface area (Å²) in [7, 11) is 0. The zero-order valence-corrected chi connectivity index (χ0v) is 15.5. The van der Waals surface area contributed by atoms with Crippen LogP contribution in [0.2, 0.25) is 0 Å². The first-order chi connectivity index (χ1) is 13.2. The molecule has 0 aliphatic rings. The Balaban J connectivity index is 1.66. The largest absolute Gasteiger partial charge is 0.490 e. The van der Waals surface area contributed by atoms with E-state index in [-0.39, 0.29) is 12.2 Å². The number of ether oxygens (including phenoxy) is 1. The monoisotopic (exact) mass is 367 g/mol. The van der Waals surface area contributed by atoms with Crippen LogP contribution in [0, 0.1) is 0 Å². The molecular formula is C22H25NO4. The van der Waals surface area contributed by atoms with Crippen molar-refractivity contribution in [2.45, 2.75) is 32.4 Å². The van der Waals surface area contributed by atoms with Gasteiger partial charge in [0.15, 0.2) is 0 Å². The van der Waals surface area contributed by atoms with Crippen LogP contribution in [0.1, 0.15) is 24.5 Å². The topological polar surface area (TPSA) is 71.7 Å². The van der Waals surface area contributed by atoms with Gasteiger partial charge in [-0.3, -0.25) is 0 Å². The van der Waals surface area contributed by atoms with Gasteiger partial charge < -0.3 is 19.6 Å². The Morgan fingerprint density at radius 2 is 1.85 bits per heavy atom. The van der Waals surface area contributed by atoms with Crippen molar-refractivity contribution in [1.82, 2.24) is 5.32 Å². The molecule has 0 radical (unpaired) electrons. The fourth-order valence-corrected chi connectivity index (χ4v) is 3.01. The molecule has 0 bridgehead atoms. The van der Waals surface area contributed by atoms with Crippen LogP contribution >= 0.6 is 0 Å². The third kappa shape index (κ3) is 4.96. The molecule has 27 heavy (non-hydrogen) atoms. The van der Waals surface area contributed by atoms with Crippen molar-refractivity contribution >= 4 is 11.0 Å². The number of aliphatic hydroxyl groups excluding tert-OH is 1. The van der Waals surface area contributed by atoms with Gasteiger partial charge in [0.2, 0.25) is 0 Å². The molecule has 5 nitrogen and oxygen atoms in total. The predicted molar refractivity (Wildman–Crippen MR) is 106 cm³/mol. The highest BCUT2D eigenvalue weighted by atomic mass is 16.5. The summed E-state index contributed by atoms with van der Waals surface area (Å²) in [6, 6.07) is 17.3. The average molecular weight is 367 g/mol. The van der Waals surface area contributed by atoms with Gasteiger partial charge in [0.05, 0.1) is 10.9 Å². The molecule has 0 saturated heterocycles. The molecule has 0 amide bonds. The standard InChI is InChI=1S/C22H25NO4/c1-2-8-19-21(18-11-6-7-12-20(18)27-22(19)25)26-15-17(24)14-23-13-16-9-4-3-5-10-16/h3-7,9-12,17,23-24H,2,8,13-15H2,1H3. The summed E-state index contributed by atoms with van der Waals surface area (Å²) in [5.74, 6) is 0.519. The number of hydrogen-bond acceptors (Lipinski definition) is 5. The lowest BCUT2D eigenvalue weighted by atomic mass is 10.1. The highest BCUT2D eigenvalue weighted by Gasteiger charge is 2.16. The van der Waals surface area contributed by atoms with E-state index in [1.54, 1.807) is 6.07 Å². The van der Waals surface area contributed by atoms with Crippen LogP contribution < -0.4 is 15.7 Å². The molecule has 1 heterocycles. The maximum Gasteiger partial charge on any atom is 0.343 e. The number of aliphatic hydroxyl groups is 1. The van der Waals surface area contributed by atoms with Crippen LogP contribution in [0.5, 0.6) is 5.75 Å². The molecule has 0 aliphatic carbocycles. The van der Waals surface area contributed by atoms with Crippen LogP contribution in [0.4, 0.5) is 0 Å². The Kier molecular flexibility index (Phi) is 6.63. The Morgan fingerprint density at radius 1 is 1.11 bits per heavy atom. The molecule has 0 spiro atoms. The van der Waals surface area contributed by atoms with Crippen molar-refractivity contribution in [3.63, 3.8) is 0 Å². The van der Waals surface area contributed by atoms with E-state index >= 15 is 0 Å². The van der Waals surface area contributed by atoms with E-state index in [0.29, 0.717) is 36.4 Å². The first-order valence-corrected chi connectivity index (χ1v) is 9.29. The molecule has 1 unspecified atom stereocenters. The van der Waals surface area contributed by atoms with Crippen LogP contribution in [-0.2, 0) is 13.0 Å². The minimum absolute atomic E-state index is 0.103. The second-order valence-electron chi connectivity index (χ2n) is 6.52. The first-order valence-electron chi connectivity index (χ1n) is 9.29. The fraction of sp³-hybridized carbons (Fsp3) is 0.318. The van der Waals surface area contributed by atoms with Crippen molar-refractivity contribution in [2.24, 2.45) is 0 Å². The number of nitrogens with one attached hydrogen (secondary N) is 1. The summed E-state index contributed by atoms with van der Waals surface area (Å²) in [4.78, 5) is 12.3. The van der Waals surface area contributed by atoms with Crippen LogP contribution in [-0.4, -0.2) is 24.4 Å². The minimum Gasteiger partial charge on any atom is -0.490 e. The number of para-hydroxylation sites is 1. The van der Waals surface area contributed by atoms with Gasteiger partial charge in [0, 0.05) is 13.1 Å². The lowest BCUT2D eigenvalue weighted by Gasteiger charge is -2.16. The van der Waals surface area contributed by atoms with Crippen molar-refractivity contribution in [3.8, 4) is 5.75 Å². The van der Waals surface area contributed by atoms with Crippen molar-refractivity contribution < 1.29 is 14.3 Å². The normalized spacial score (nSPS) is 12.2. The zero-order chi connectivity index (χ0) is 19.1. The van der Waals surface area contributed by atoms with Gasteiger partial charge >= 0.3 is 5.63 Å². The smallest absolute Gasteiger partial charge is 0.343 e. The predicted octanol–water partition coefficient (Wildman–Crippen LogP) is 3.28. The highest BCUT2D eigenvalue weighted by Crippen LogP contribution is 2.28. The van der Waals surface area contributed by atoms with Gasteiger partial charge in [-0.05, 0) is 24.1 Å². The molecule has 0 saturated carbocycles. The molecule has 3 aromatic rings. The third-order valence-electron chi connectivity index (χ3n) is 4.33. The van der Waals surface area contributed by atoms with Gasteiger partial charge in [0.25, 0.3) is 0 Å². The molecular weight excluding hydrogens is 342 g/mol. The summed E-state index contributed by atoms with van der Waals surface area (Å²) in [5.41, 5.74) is 1.81. The fourth-order valence-electron chi connectivity index (χ4n) is 3.01. The summed E-state index contributed by atoms with van der Waals surface area (Å²) in [6.07, 6.45) is 0.695. The van der Waals surface area contributed by atoms with Gasteiger partial charge in [-0.25, -0.2) is 4.79 Å². The molecule has 5 heteroatoms. The molecule has 1 aromatic heterocycles. The highest BCUT2D eigenvalue weighted by molar-refractivity contribution is 5.84. The van der Waals surface area contributed by atoms with Gasteiger partial charge in [-0.1, -0.05) is 55.8 Å². The summed E-state index contributed by atoms with van der Waals surface area (Å²) in [5, 5.41) is 14.2. The summed E-state index contributed by atoms with van der Waals surface area (Å²) in [6.45, 7) is 3.18. The molecule has 1 atom stereocenters. The Morgan fingerprint density at radius 3 is 2.63 bits per heavy atom. The van der Waals surface area contributed by atoms with E-state index in [0.717, 1.165) is 17.4 Å². The summed E-state index contributed by atoms with van der Waals surface area (Å²) >= 11 is 0. The second kappa shape index (κ2) is 9.35. The SMILES string of the molecule is CCCc1c(OCC(O)CNCc2ccccc2)c2ccccc2oc1=O. The molecule has 0 aliphatic heterocycles. The number of rotatable bonds is 9. The van der Waals surface area contributed by atoms with Crippen molar-refractivity contribution in [3.05, 3.63) is 76.1 Å². The van der Waals surface area contributed by atoms with E-state index in [1.807, 2.05) is 55.5 Å². The van der Waals surface area contributed by atoms with E-state index in [2.05, 4.69) is 5.32 Å². The van der Waals surface area contributed by atoms with E-state index < -0.39 is 6.10 Å².